The van der Waals surface area contributed by atoms with Gasteiger partial charge in [-0.3, -0.25) is 0 Å². The van der Waals surface area contributed by atoms with Crippen LogP contribution >= 0.6 is 0 Å². The van der Waals surface area contributed by atoms with Crippen LogP contribution in [0.15, 0.2) is 0 Å². The minimum absolute atomic E-state index is 0.239. The van der Waals surface area contributed by atoms with Crippen molar-refractivity contribution < 1.29 is 27.5 Å². The predicted octanol–water partition coefficient (Wildman–Crippen LogP) is -1.14. The largest absolute Gasteiger partial charge is 0.453 e. The number of sulfone groups is 1. The molecule has 1 heterocycles. The highest BCUT2D eigenvalue weighted by Crippen LogP contribution is 2.13. The lowest BCUT2D eigenvalue weighted by Gasteiger charge is -2.19. The Kier molecular flexibility index (Phi) is 4.16. The van der Waals surface area contributed by atoms with E-state index in [4.69, 9.17) is 0 Å². The van der Waals surface area contributed by atoms with Gasteiger partial charge >= 0.3 is 12.2 Å². The van der Waals surface area contributed by atoms with Gasteiger partial charge in [-0.15, -0.1) is 0 Å². The predicted molar refractivity (Wildman–Crippen MR) is 57.3 cm³/mol. The molecule has 0 radical (unpaired) electrons. The molecule has 0 spiro atoms. The second-order valence-electron chi connectivity index (χ2n) is 3.56. The van der Waals surface area contributed by atoms with Crippen LogP contribution in [-0.4, -0.2) is 58.4 Å². The molecule has 0 aliphatic carbocycles. The molecule has 1 aliphatic rings. The van der Waals surface area contributed by atoms with Crippen LogP contribution in [0.2, 0.25) is 0 Å². The molecule has 2 atom stereocenters. The maximum Gasteiger partial charge on any atom is 0.407 e. The van der Waals surface area contributed by atoms with Crippen LogP contribution in [0.25, 0.3) is 0 Å². The second kappa shape index (κ2) is 5.21. The lowest BCUT2D eigenvalue weighted by atomic mass is 10.2. The van der Waals surface area contributed by atoms with Crippen LogP contribution in [0.4, 0.5) is 9.59 Å². The molecule has 0 saturated carbocycles. The molecule has 0 aromatic rings. The van der Waals surface area contributed by atoms with Crippen molar-refractivity contribution in [2.45, 2.75) is 12.1 Å². The molecule has 0 bridgehead atoms. The molecular formula is C8H14N2O6S. The highest BCUT2D eigenvalue weighted by Gasteiger charge is 2.39. The molecule has 17 heavy (non-hydrogen) atoms. The third-order valence-electron chi connectivity index (χ3n) is 2.33. The number of rotatable bonds is 2. The number of hydrogen-bond donors (Lipinski definition) is 2. The quantitative estimate of drug-likeness (QED) is 0.654. The van der Waals surface area contributed by atoms with Crippen molar-refractivity contribution in [3.05, 3.63) is 0 Å². The van der Waals surface area contributed by atoms with Crippen molar-refractivity contribution in [2.24, 2.45) is 0 Å². The van der Waals surface area contributed by atoms with Crippen LogP contribution in [0.3, 0.4) is 0 Å². The molecule has 0 unspecified atom stereocenters. The summed E-state index contributed by atoms with van der Waals surface area (Å²) in [5.41, 5.74) is 0. The first-order valence-corrected chi connectivity index (χ1v) is 6.59. The topological polar surface area (TPSA) is 111 Å². The minimum Gasteiger partial charge on any atom is -0.453 e. The van der Waals surface area contributed by atoms with E-state index in [0.29, 0.717) is 0 Å². The summed E-state index contributed by atoms with van der Waals surface area (Å²) in [6, 6.07) is -1.43. The fraction of sp³-hybridized carbons (Fsp3) is 0.750. The van der Waals surface area contributed by atoms with E-state index < -0.39 is 34.1 Å². The van der Waals surface area contributed by atoms with E-state index in [-0.39, 0.29) is 11.5 Å². The maximum absolute atomic E-state index is 11.4. The molecule has 1 saturated heterocycles. The SMILES string of the molecule is COC(=O)N[C@@H]1CS(=O)(=O)C[C@H]1NC(=O)OC. The van der Waals surface area contributed by atoms with Gasteiger partial charge in [-0.05, 0) is 0 Å². The molecule has 0 aromatic heterocycles. The third kappa shape index (κ3) is 3.77. The fourth-order valence-electron chi connectivity index (χ4n) is 1.55. The molecule has 8 nitrogen and oxygen atoms in total. The number of hydrogen-bond acceptors (Lipinski definition) is 6. The number of carbonyl (C=O) groups excluding carboxylic acids is 2. The van der Waals surface area contributed by atoms with Crippen LogP contribution in [0, 0.1) is 0 Å². The van der Waals surface area contributed by atoms with Gasteiger partial charge in [0.05, 0.1) is 37.8 Å². The first-order chi connectivity index (χ1) is 7.88. The summed E-state index contributed by atoms with van der Waals surface area (Å²) < 4.78 is 31.6. The number of alkyl carbamates (subject to hydrolysis) is 2. The van der Waals surface area contributed by atoms with Crippen LogP contribution in [0.1, 0.15) is 0 Å². The number of ether oxygens (including phenoxy) is 2. The van der Waals surface area contributed by atoms with Crippen LogP contribution < -0.4 is 10.6 Å². The van der Waals surface area contributed by atoms with E-state index in [9.17, 15) is 18.0 Å². The summed E-state index contributed by atoms with van der Waals surface area (Å²) >= 11 is 0. The zero-order valence-electron chi connectivity index (χ0n) is 9.43. The summed E-state index contributed by atoms with van der Waals surface area (Å²) in [4.78, 5) is 22.0. The smallest absolute Gasteiger partial charge is 0.407 e. The Balaban J connectivity index is 2.71. The zero-order valence-corrected chi connectivity index (χ0v) is 10.2. The highest BCUT2D eigenvalue weighted by atomic mass is 32.2. The van der Waals surface area contributed by atoms with Crippen molar-refractivity contribution in [3.8, 4) is 0 Å². The van der Waals surface area contributed by atoms with E-state index in [1.165, 1.54) is 14.2 Å². The Labute approximate surface area is 98.6 Å². The van der Waals surface area contributed by atoms with Crippen molar-refractivity contribution >= 4 is 22.0 Å². The number of amides is 2. The molecule has 0 aromatic carbocycles. The van der Waals surface area contributed by atoms with Gasteiger partial charge in [0.2, 0.25) is 0 Å². The molecule has 98 valence electrons. The van der Waals surface area contributed by atoms with Crippen LogP contribution in [0.5, 0.6) is 0 Å². The van der Waals surface area contributed by atoms with Gasteiger partial charge in [-0.25, -0.2) is 18.0 Å². The Morgan fingerprint density at radius 1 is 1.00 bits per heavy atom. The van der Waals surface area contributed by atoms with E-state index in [1.54, 1.807) is 0 Å². The lowest BCUT2D eigenvalue weighted by Crippen LogP contribution is -2.50. The van der Waals surface area contributed by atoms with Gasteiger partial charge in [-0.1, -0.05) is 0 Å². The molecule has 1 rings (SSSR count). The Bertz CT molecular complexity index is 374. The standard InChI is InChI=1S/C8H14N2O6S/c1-15-7(11)9-5-3-17(13,14)4-6(5)10-8(12)16-2/h5-6H,3-4H2,1-2H3,(H,9,11)(H,10,12)/t5-,6-/m1/s1. The zero-order chi connectivity index (χ0) is 13.1. The van der Waals surface area contributed by atoms with Gasteiger partial charge in [-0.2, -0.15) is 0 Å². The Morgan fingerprint density at radius 2 is 1.35 bits per heavy atom. The van der Waals surface area contributed by atoms with Crippen molar-refractivity contribution in [2.75, 3.05) is 25.7 Å². The van der Waals surface area contributed by atoms with Gasteiger partial charge in [0.15, 0.2) is 9.84 Å². The summed E-state index contributed by atoms with van der Waals surface area (Å²) in [6.45, 7) is 0. The molecule has 2 N–H and O–H groups in total. The molecule has 9 heteroatoms. The van der Waals surface area contributed by atoms with Crippen molar-refractivity contribution in [1.29, 1.82) is 0 Å². The van der Waals surface area contributed by atoms with Gasteiger partial charge in [0.25, 0.3) is 0 Å². The summed E-state index contributed by atoms with van der Waals surface area (Å²) in [5, 5.41) is 4.71. The summed E-state index contributed by atoms with van der Waals surface area (Å²) in [5.74, 6) is -0.479. The monoisotopic (exact) mass is 266 g/mol. The lowest BCUT2D eigenvalue weighted by molar-refractivity contribution is 0.157. The van der Waals surface area contributed by atoms with E-state index in [2.05, 4.69) is 20.1 Å². The van der Waals surface area contributed by atoms with Crippen LogP contribution in [-0.2, 0) is 19.3 Å². The first kappa shape index (κ1) is 13.6. The van der Waals surface area contributed by atoms with Gasteiger partial charge in [0.1, 0.15) is 0 Å². The summed E-state index contributed by atoms with van der Waals surface area (Å²) in [6.07, 6.45) is -1.49. The third-order valence-corrected chi connectivity index (χ3v) is 4.06. The van der Waals surface area contributed by atoms with Crippen molar-refractivity contribution in [3.63, 3.8) is 0 Å². The highest BCUT2D eigenvalue weighted by molar-refractivity contribution is 7.91. The Hall–Kier alpha value is -1.51. The molecule has 1 fully saturated rings. The van der Waals surface area contributed by atoms with E-state index in [1.807, 2.05) is 0 Å². The normalized spacial score (nSPS) is 26.0. The average molecular weight is 266 g/mol. The number of carbonyl (C=O) groups is 2. The number of methoxy groups -OCH3 is 2. The van der Waals surface area contributed by atoms with E-state index >= 15 is 0 Å². The molecule has 1 aliphatic heterocycles. The van der Waals surface area contributed by atoms with Gasteiger partial charge < -0.3 is 20.1 Å². The minimum atomic E-state index is -3.29. The first-order valence-electron chi connectivity index (χ1n) is 4.77. The average Bonchev–Trinajstić information content (AvgIpc) is 2.52. The fourth-order valence-corrected chi connectivity index (χ4v) is 3.41. The summed E-state index contributed by atoms with van der Waals surface area (Å²) in [7, 11) is -0.957. The van der Waals surface area contributed by atoms with Gasteiger partial charge in [0, 0.05) is 0 Å². The van der Waals surface area contributed by atoms with E-state index in [0.717, 1.165) is 0 Å². The Morgan fingerprint density at radius 3 is 1.65 bits per heavy atom. The van der Waals surface area contributed by atoms with Crippen molar-refractivity contribution in [1.82, 2.24) is 10.6 Å². The number of nitrogens with one attached hydrogen (secondary N) is 2. The second-order valence-corrected chi connectivity index (χ2v) is 5.72. The molecular weight excluding hydrogens is 252 g/mol. The maximum atomic E-state index is 11.4. The molecule has 2 amide bonds.